The van der Waals surface area contributed by atoms with Crippen LogP contribution in [0.5, 0.6) is 0 Å². The number of amides is 1. The van der Waals surface area contributed by atoms with Crippen LogP contribution >= 0.6 is 7.82 Å². The number of aliphatic hydroxyl groups is 1. The molecule has 0 fully saturated rings. The minimum absolute atomic E-state index is 0.0141. The lowest BCUT2D eigenvalue weighted by Gasteiger charge is -2.29. The Bertz CT molecular complexity index is 1140. The molecule has 2 N–H and O–H groups in total. The first-order valence-corrected chi connectivity index (χ1v) is 25.6. The number of rotatable bonds is 43. The maximum absolute atomic E-state index is 12.8. The van der Waals surface area contributed by atoms with E-state index in [0.717, 1.165) is 77.0 Å². The van der Waals surface area contributed by atoms with Gasteiger partial charge in [0, 0.05) is 6.42 Å². The average molecular weight is 849 g/mol. The predicted octanol–water partition coefficient (Wildman–Crippen LogP) is 13.2. The number of phosphoric acid groups is 1. The maximum Gasteiger partial charge on any atom is 0.268 e. The van der Waals surface area contributed by atoms with Crippen LogP contribution in [0.3, 0.4) is 0 Å². The molecule has 0 aliphatic carbocycles. The third-order valence-corrected chi connectivity index (χ3v) is 11.4. The molecule has 8 nitrogen and oxygen atoms in total. The predicted molar refractivity (Wildman–Crippen MR) is 251 cm³/mol. The fourth-order valence-electron chi connectivity index (χ4n) is 6.57. The van der Waals surface area contributed by atoms with Gasteiger partial charge in [0.15, 0.2) is 0 Å². The molecule has 0 aliphatic rings. The molecule has 0 saturated carbocycles. The van der Waals surface area contributed by atoms with Crippen molar-refractivity contribution in [3.05, 3.63) is 60.8 Å². The van der Waals surface area contributed by atoms with E-state index in [2.05, 4.69) is 67.8 Å². The summed E-state index contributed by atoms with van der Waals surface area (Å²) in [5.74, 6) is -0.228. The smallest absolute Gasteiger partial charge is 0.268 e. The van der Waals surface area contributed by atoms with E-state index in [-0.39, 0.29) is 12.5 Å². The Labute approximate surface area is 364 Å². The normalized spacial score (nSPS) is 14.8. The van der Waals surface area contributed by atoms with Crippen molar-refractivity contribution >= 4 is 13.7 Å². The summed E-state index contributed by atoms with van der Waals surface area (Å²) >= 11 is 0. The average Bonchev–Trinajstić information content (AvgIpc) is 3.19. The van der Waals surface area contributed by atoms with Crippen LogP contribution in [0.2, 0.25) is 0 Å². The second-order valence-electron chi connectivity index (χ2n) is 17.4. The second kappa shape index (κ2) is 41.5. The fourth-order valence-corrected chi connectivity index (χ4v) is 7.30. The number of phosphoric ester groups is 1. The summed E-state index contributed by atoms with van der Waals surface area (Å²) in [6.07, 6.45) is 54.3. The van der Waals surface area contributed by atoms with E-state index in [4.69, 9.17) is 9.05 Å². The van der Waals surface area contributed by atoms with Crippen molar-refractivity contribution in [3.63, 3.8) is 0 Å². The summed E-state index contributed by atoms with van der Waals surface area (Å²) in [6, 6.07) is -0.918. The molecule has 344 valence electrons. The fraction of sp³-hybridized carbons (Fsp3) is 0.780. The third-order valence-electron chi connectivity index (χ3n) is 10.4. The summed E-state index contributed by atoms with van der Waals surface area (Å²) in [5.41, 5.74) is 0. The minimum Gasteiger partial charge on any atom is -0.756 e. The van der Waals surface area contributed by atoms with Gasteiger partial charge in [0.25, 0.3) is 7.82 Å². The molecule has 0 aromatic heterocycles. The van der Waals surface area contributed by atoms with Gasteiger partial charge in [0.05, 0.1) is 39.9 Å². The molecule has 0 aromatic carbocycles. The van der Waals surface area contributed by atoms with E-state index >= 15 is 0 Å². The van der Waals surface area contributed by atoms with Crippen LogP contribution < -0.4 is 10.2 Å². The standard InChI is InChI=1S/C50H93N2O6P/c1-6-8-10-12-14-16-18-20-21-22-23-24-25-26-27-28-29-30-32-33-35-37-39-41-43-49(53)48(47-58-59(55,56)57-46-45-52(3,4)5)51-50(54)44-42-40-38-36-34-31-19-17-15-13-11-9-7-2/h11,13,17,19,28-29,33,35,41,43,48-49,53H,6-10,12,14-16,18,20-27,30-32,34,36-40,42,44-47H2,1-5H3,(H-,51,54,55,56)/b13-11-,19-17-,29-28+,35-33+,43-41+. The summed E-state index contributed by atoms with van der Waals surface area (Å²) < 4.78 is 23.2. The van der Waals surface area contributed by atoms with Gasteiger partial charge >= 0.3 is 0 Å². The molecule has 59 heavy (non-hydrogen) atoms. The van der Waals surface area contributed by atoms with Crippen LogP contribution in [0.1, 0.15) is 200 Å². The number of carbonyl (C=O) groups is 1. The number of likely N-dealkylation sites (N-methyl/N-ethyl adjacent to an activating group) is 1. The van der Waals surface area contributed by atoms with Crippen LogP contribution in [0.15, 0.2) is 60.8 Å². The zero-order valence-corrected chi connectivity index (χ0v) is 39.8. The number of allylic oxidation sites excluding steroid dienone is 9. The summed E-state index contributed by atoms with van der Waals surface area (Å²) in [6.45, 7) is 4.53. The molecule has 0 rings (SSSR count). The lowest BCUT2D eigenvalue weighted by atomic mass is 10.0. The molecule has 0 aromatic rings. The zero-order valence-electron chi connectivity index (χ0n) is 38.9. The van der Waals surface area contributed by atoms with Crippen LogP contribution in [0.4, 0.5) is 0 Å². The van der Waals surface area contributed by atoms with Gasteiger partial charge in [0.2, 0.25) is 5.91 Å². The van der Waals surface area contributed by atoms with Gasteiger partial charge < -0.3 is 28.8 Å². The highest BCUT2D eigenvalue weighted by molar-refractivity contribution is 7.45. The number of aliphatic hydroxyl groups excluding tert-OH is 1. The van der Waals surface area contributed by atoms with E-state index in [9.17, 15) is 19.4 Å². The minimum atomic E-state index is -4.61. The molecule has 0 aliphatic heterocycles. The summed E-state index contributed by atoms with van der Waals surface area (Å²) in [7, 11) is 1.22. The molecule has 0 heterocycles. The van der Waals surface area contributed by atoms with Gasteiger partial charge in [-0.25, -0.2) is 0 Å². The van der Waals surface area contributed by atoms with E-state index < -0.39 is 26.6 Å². The Morgan fingerprint density at radius 2 is 1.03 bits per heavy atom. The Morgan fingerprint density at radius 1 is 0.593 bits per heavy atom. The number of hydrogen-bond donors (Lipinski definition) is 2. The lowest BCUT2D eigenvalue weighted by molar-refractivity contribution is -0.870. The number of hydrogen-bond acceptors (Lipinski definition) is 6. The van der Waals surface area contributed by atoms with Crippen LogP contribution in [0.25, 0.3) is 0 Å². The van der Waals surface area contributed by atoms with Gasteiger partial charge in [0.1, 0.15) is 13.2 Å². The molecule has 0 bridgehead atoms. The Balaban J connectivity index is 4.40. The summed E-state index contributed by atoms with van der Waals surface area (Å²) in [4.78, 5) is 25.3. The van der Waals surface area contributed by atoms with Crippen LogP contribution in [-0.4, -0.2) is 68.5 Å². The van der Waals surface area contributed by atoms with E-state index in [1.54, 1.807) is 6.08 Å². The molecule has 3 unspecified atom stereocenters. The molecule has 0 spiro atoms. The lowest BCUT2D eigenvalue weighted by Crippen LogP contribution is -2.45. The van der Waals surface area contributed by atoms with E-state index in [1.807, 2.05) is 27.2 Å². The zero-order chi connectivity index (χ0) is 43.6. The quantitative estimate of drug-likeness (QED) is 0.0274. The largest absolute Gasteiger partial charge is 0.756 e. The molecular weight excluding hydrogens is 756 g/mol. The number of nitrogens with one attached hydrogen (secondary N) is 1. The Kier molecular flexibility index (Phi) is 40.3. The number of quaternary nitrogens is 1. The topological polar surface area (TPSA) is 108 Å². The molecule has 0 saturated heterocycles. The number of nitrogens with zero attached hydrogens (tertiary/aromatic N) is 1. The molecule has 9 heteroatoms. The Morgan fingerprint density at radius 3 is 1.54 bits per heavy atom. The molecular formula is C50H93N2O6P. The van der Waals surface area contributed by atoms with Crippen molar-refractivity contribution in [2.24, 2.45) is 0 Å². The third kappa shape index (κ3) is 44.1. The molecule has 1 amide bonds. The van der Waals surface area contributed by atoms with Crippen molar-refractivity contribution < 1.29 is 32.9 Å². The molecule has 0 radical (unpaired) electrons. The van der Waals surface area contributed by atoms with Gasteiger partial charge in [-0.3, -0.25) is 9.36 Å². The number of carbonyl (C=O) groups excluding carboxylic acids is 1. The van der Waals surface area contributed by atoms with Crippen molar-refractivity contribution in [1.29, 1.82) is 0 Å². The highest BCUT2D eigenvalue weighted by Gasteiger charge is 2.23. The first kappa shape index (κ1) is 57.2. The van der Waals surface area contributed by atoms with Gasteiger partial charge in [-0.2, -0.15) is 0 Å². The van der Waals surface area contributed by atoms with Crippen molar-refractivity contribution in [1.82, 2.24) is 5.32 Å². The second-order valence-corrected chi connectivity index (χ2v) is 18.8. The Hall–Kier alpha value is -1.80. The van der Waals surface area contributed by atoms with Crippen molar-refractivity contribution in [2.45, 2.75) is 212 Å². The summed E-state index contributed by atoms with van der Waals surface area (Å²) in [5, 5.41) is 13.8. The SMILES string of the molecule is CCC/C=C\C/C=C\CCCCCCCC(=O)NC(COP(=O)([O-])OCC[N+](C)(C)C)C(O)/C=C/CC/C=C/CC/C=C/CCCCCCCCCCCCCCCC. The first-order valence-electron chi connectivity index (χ1n) is 24.2. The van der Waals surface area contributed by atoms with E-state index in [0.29, 0.717) is 17.4 Å². The van der Waals surface area contributed by atoms with Crippen LogP contribution in [-0.2, 0) is 18.4 Å². The van der Waals surface area contributed by atoms with E-state index in [1.165, 1.54) is 103 Å². The first-order chi connectivity index (χ1) is 28.5. The highest BCUT2D eigenvalue weighted by Crippen LogP contribution is 2.38. The van der Waals surface area contributed by atoms with Crippen molar-refractivity contribution in [3.8, 4) is 0 Å². The molecule has 3 atom stereocenters. The maximum atomic E-state index is 12.8. The van der Waals surface area contributed by atoms with Crippen LogP contribution in [0, 0.1) is 0 Å². The highest BCUT2D eigenvalue weighted by atomic mass is 31.2. The van der Waals surface area contributed by atoms with Gasteiger partial charge in [-0.05, 0) is 70.6 Å². The van der Waals surface area contributed by atoms with Gasteiger partial charge in [-0.1, -0.05) is 184 Å². The van der Waals surface area contributed by atoms with Gasteiger partial charge in [-0.15, -0.1) is 0 Å². The number of unbranched alkanes of at least 4 members (excludes halogenated alkanes) is 22. The monoisotopic (exact) mass is 849 g/mol. The van der Waals surface area contributed by atoms with Crippen molar-refractivity contribution in [2.75, 3.05) is 40.9 Å².